The van der Waals surface area contributed by atoms with Crippen molar-refractivity contribution < 1.29 is 24.0 Å². The van der Waals surface area contributed by atoms with Crippen LogP contribution in [0.1, 0.15) is 11.1 Å². The Morgan fingerprint density at radius 1 is 1.08 bits per heavy atom. The second kappa shape index (κ2) is 9.79. The number of nitro benzene ring substituents is 1. The summed E-state index contributed by atoms with van der Waals surface area (Å²) in [5.41, 5.74) is 1.40. The number of nitrogens with zero attached hydrogens (tertiary/aromatic N) is 4. The molecule has 3 aromatic carbocycles. The summed E-state index contributed by atoms with van der Waals surface area (Å²) in [5.74, 6) is -1.55. The Morgan fingerprint density at radius 3 is 2.45 bits per heavy atom. The first-order valence-corrected chi connectivity index (χ1v) is 11.5. The molecule has 1 aliphatic heterocycles. The Labute approximate surface area is 219 Å². The molecule has 12 heteroatoms. The van der Waals surface area contributed by atoms with E-state index in [0.717, 1.165) is 9.58 Å². The van der Waals surface area contributed by atoms with Crippen molar-refractivity contribution in [3.05, 3.63) is 111 Å². The molecule has 2 heterocycles. The number of carbonyl (C=O) groups excluding carboxylic acids is 2. The third-order valence-corrected chi connectivity index (χ3v) is 6.05. The van der Waals surface area contributed by atoms with Crippen molar-refractivity contribution in [2.75, 3.05) is 0 Å². The molecule has 2 N–H and O–H groups in total. The average molecular weight is 534 g/mol. The smallest absolute Gasteiger partial charge is 0.329 e. The van der Waals surface area contributed by atoms with E-state index in [0.29, 0.717) is 21.8 Å². The molecule has 0 radical (unpaired) electrons. The molecule has 0 atom stereocenters. The molecule has 3 amide bonds. The number of imide groups is 1. The van der Waals surface area contributed by atoms with Crippen LogP contribution in [0.25, 0.3) is 23.0 Å². The quantitative estimate of drug-likeness (QED) is 0.154. The summed E-state index contributed by atoms with van der Waals surface area (Å²) in [7, 11) is 0. The molecule has 38 heavy (non-hydrogen) atoms. The molecule has 0 spiro atoms. The molecular weight excluding hydrogens is 517 g/mol. The lowest BCUT2D eigenvalue weighted by Crippen LogP contribution is -2.30. The van der Waals surface area contributed by atoms with Gasteiger partial charge in [0, 0.05) is 22.7 Å². The number of benzene rings is 3. The second-order valence-electron chi connectivity index (χ2n) is 8.29. The molecule has 1 aromatic heterocycles. The van der Waals surface area contributed by atoms with Crippen LogP contribution in [0.5, 0.6) is 5.88 Å². The molecule has 1 saturated heterocycles. The molecule has 10 nitrogen and oxygen atoms in total. The molecule has 1 aliphatic rings. The van der Waals surface area contributed by atoms with Crippen molar-refractivity contribution in [1.29, 1.82) is 0 Å². The molecule has 4 aromatic rings. The predicted molar refractivity (Wildman–Crippen MR) is 136 cm³/mol. The fourth-order valence-electron chi connectivity index (χ4n) is 3.95. The van der Waals surface area contributed by atoms with Gasteiger partial charge in [-0.25, -0.2) is 13.9 Å². The van der Waals surface area contributed by atoms with Crippen LogP contribution in [0.2, 0.25) is 5.02 Å². The Morgan fingerprint density at radius 2 is 1.79 bits per heavy atom. The van der Waals surface area contributed by atoms with Gasteiger partial charge in [0.15, 0.2) is 0 Å². The maximum absolute atomic E-state index is 13.6. The molecule has 5 rings (SSSR count). The number of non-ortho nitro benzene ring substituents is 1. The van der Waals surface area contributed by atoms with E-state index in [4.69, 9.17) is 11.6 Å². The number of amides is 3. The zero-order valence-electron chi connectivity index (χ0n) is 19.3. The van der Waals surface area contributed by atoms with Crippen LogP contribution in [0.15, 0.2) is 78.5 Å². The van der Waals surface area contributed by atoms with Gasteiger partial charge in [-0.05, 0) is 48.0 Å². The largest absolute Gasteiger partial charge is 0.493 e. The van der Waals surface area contributed by atoms with Gasteiger partial charge in [-0.2, -0.15) is 5.10 Å². The second-order valence-corrected chi connectivity index (χ2v) is 8.72. The van der Waals surface area contributed by atoms with Crippen molar-refractivity contribution in [2.45, 2.75) is 6.54 Å². The number of rotatable bonds is 6. The number of aromatic hydroxyl groups is 1. The number of hydrogen-bond acceptors (Lipinski definition) is 6. The average Bonchev–Trinajstić information content (AvgIpc) is 3.35. The van der Waals surface area contributed by atoms with E-state index in [2.05, 4.69) is 10.4 Å². The molecule has 0 aliphatic carbocycles. The summed E-state index contributed by atoms with van der Waals surface area (Å²) in [5, 5.41) is 29.6. The van der Waals surface area contributed by atoms with E-state index in [9.17, 15) is 29.2 Å². The summed E-state index contributed by atoms with van der Waals surface area (Å²) in [4.78, 5) is 37.0. The highest BCUT2D eigenvalue weighted by Crippen LogP contribution is 2.35. The highest BCUT2D eigenvalue weighted by molar-refractivity contribution is 6.30. The van der Waals surface area contributed by atoms with Gasteiger partial charge in [-0.3, -0.25) is 19.8 Å². The van der Waals surface area contributed by atoms with E-state index in [-0.39, 0.29) is 35.1 Å². The summed E-state index contributed by atoms with van der Waals surface area (Å²) in [6.45, 7) is -0.155. The Balaban J connectivity index is 1.56. The minimum absolute atomic E-state index is 0.113. The number of halogens is 2. The lowest BCUT2D eigenvalue weighted by molar-refractivity contribution is -0.384. The van der Waals surface area contributed by atoms with Crippen molar-refractivity contribution in [3.63, 3.8) is 0 Å². The summed E-state index contributed by atoms with van der Waals surface area (Å²) in [6.07, 6.45) is 1.29. The molecule has 1 fully saturated rings. The van der Waals surface area contributed by atoms with Gasteiger partial charge in [0.05, 0.1) is 22.7 Å². The van der Waals surface area contributed by atoms with Gasteiger partial charge >= 0.3 is 6.03 Å². The number of nitrogens with one attached hydrogen (secondary N) is 1. The van der Waals surface area contributed by atoms with Crippen LogP contribution in [-0.4, -0.2) is 36.6 Å². The summed E-state index contributed by atoms with van der Waals surface area (Å²) >= 11 is 6.01. The number of urea groups is 1. The van der Waals surface area contributed by atoms with Crippen molar-refractivity contribution in [2.24, 2.45) is 0 Å². The number of nitro groups is 1. The standard InChI is InChI=1S/C26H17ClFN5O5/c27-17-6-4-16(5-7-17)23-21(24(34)32(30-23)19-8-10-20(11-9-19)33(37)38)13-22-25(35)31(26(36)29-22)14-15-2-1-3-18(28)12-15/h1-13,34H,14H2,(H,29,36)/b22-13-. The normalized spacial score (nSPS) is 14.3. The minimum Gasteiger partial charge on any atom is -0.493 e. The molecule has 190 valence electrons. The topological polar surface area (TPSA) is 131 Å². The van der Waals surface area contributed by atoms with Crippen molar-refractivity contribution >= 4 is 35.3 Å². The highest BCUT2D eigenvalue weighted by Gasteiger charge is 2.34. The van der Waals surface area contributed by atoms with E-state index in [1.807, 2.05) is 0 Å². The molecular formula is C26H17ClFN5O5. The third kappa shape index (κ3) is 4.70. The predicted octanol–water partition coefficient (Wildman–Crippen LogP) is 5.04. The summed E-state index contributed by atoms with van der Waals surface area (Å²) in [6, 6.07) is 16.8. The summed E-state index contributed by atoms with van der Waals surface area (Å²) < 4.78 is 14.7. The fourth-order valence-corrected chi connectivity index (χ4v) is 4.07. The number of aromatic nitrogens is 2. The van der Waals surface area contributed by atoms with E-state index in [1.54, 1.807) is 30.3 Å². The lowest BCUT2D eigenvalue weighted by Gasteiger charge is -2.11. The van der Waals surface area contributed by atoms with Crippen LogP contribution in [-0.2, 0) is 11.3 Å². The van der Waals surface area contributed by atoms with Gasteiger partial charge in [-0.1, -0.05) is 35.9 Å². The number of carbonyl (C=O) groups is 2. The zero-order valence-corrected chi connectivity index (χ0v) is 20.1. The maximum atomic E-state index is 13.6. The SMILES string of the molecule is O=C1N/C(=C\c2c(-c3ccc(Cl)cc3)nn(-c3ccc([N+](=O)[O-])cc3)c2O)C(=O)N1Cc1cccc(F)c1. The van der Waals surface area contributed by atoms with Gasteiger partial charge in [0.1, 0.15) is 17.2 Å². The first-order valence-electron chi connectivity index (χ1n) is 11.1. The maximum Gasteiger partial charge on any atom is 0.329 e. The Hall–Kier alpha value is -5.03. The van der Waals surface area contributed by atoms with Crippen LogP contribution in [0.4, 0.5) is 14.9 Å². The first-order chi connectivity index (χ1) is 18.2. The van der Waals surface area contributed by atoms with Crippen LogP contribution >= 0.6 is 11.6 Å². The van der Waals surface area contributed by atoms with Gasteiger partial charge in [0.25, 0.3) is 11.6 Å². The Bertz CT molecular complexity index is 1620. The van der Waals surface area contributed by atoms with E-state index < -0.39 is 22.7 Å². The van der Waals surface area contributed by atoms with Gasteiger partial charge in [0.2, 0.25) is 5.88 Å². The van der Waals surface area contributed by atoms with E-state index in [1.165, 1.54) is 48.5 Å². The van der Waals surface area contributed by atoms with Crippen molar-refractivity contribution in [1.82, 2.24) is 20.0 Å². The fraction of sp³-hybridized carbons (Fsp3) is 0.0385. The Kier molecular flexibility index (Phi) is 6.35. The first kappa shape index (κ1) is 24.7. The van der Waals surface area contributed by atoms with Gasteiger partial charge < -0.3 is 10.4 Å². The molecule has 0 unspecified atom stereocenters. The van der Waals surface area contributed by atoms with Gasteiger partial charge in [-0.15, -0.1) is 0 Å². The minimum atomic E-state index is -0.708. The zero-order chi connectivity index (χ0) is 27.0. The molecule has 0 bridgehead atoms. The monoisotopic (exact) mass is 533 g/mol. The van der Waals surface area contributed by atoms with Crippen molar-refractivity contribution in [3.8, 4) is 22.8 Å². The van der Waals surface area contributed by atoms with Crippen LogP contribution in [0, 0.1) is 15.9 Å². The number of hydrogen-bond donors (Lipinski definition) is 2. The third-order valence-electron chi connectivity index (χ3n) is 5.80. The highest BCUT2D eigenvalue weighted by atomic mass is 35.5. The molecule has 0 saturated carbocycles. The van der Waals surface area contributed by atoms with Crippen LogP contribution in [0.3, 0.4) is 0 Å². The van der Waals surface area contributed by atoms with E-state index >= 15 is 0 Å². The lowest BCUT2D eigenvalue weighted by atomic mass is 10.1. The van der Waals surface area contributed by atoms with Crippen LogP contribution < -0.4 is 5.32 Å².